The van der Waals surface area contributed by atoms with Crippen molar-refractivity contribution in [2.45, 2.75) is 19.9 Å². The molecule has 1 heterocycles. The Morgan fingerprint density at radius 2 is 1.92 bits per heavy atom. The molecule has 0 aliphatic carbocycles. The number of hydrogen-bond donors (Lipinski definition) is 2. The molecule has 0 bridgehead atoms. The number of carbonyl (C=O) groups is 3. The molecule has 0 saturated carbocycles. The van der Waals surface area contributed by atoms with Crippen molar-refractivity contribution in [3.63, 3.8) is 0 Å². The molecule has 0 fully saturated rings. The van der Waals surface area contributed by atoms with Gasteiger partial charge in [-0.05, 0) is 26.0 Å². The zero-order chi connectivity index (χ0) is 17.7. The van der Waals surface area contributed by atoms with E-state index in [1.807, 2.05) is 0 Å². The molecule has 1 aliphatic heterocycles. The summed E-state index contributed by atoms with van der Waals surface area (Å²) in [5.74, 6) is -2.25. The Hall–Kier alpha value is -2.90. The first-order valence-corrected chi connectivity index (χ1v) is 7.33. The zero-order valence-electron chi connectivity index (χ0n) is 13.2. The molecule has 1 atom stereocenters. The Labute approximate surface area is 137 Å². The fourth-order valence-corrected chi connectivity index (χ4v) is 2.24. The van der Waals surface area contributed by atoms with Crippen molar-refractivity contribution >= 4 is 18.0 Å². The summed E-state index contributed by atoms with van der Waals surface area (Å²) in [7, 11) is 0. The van der Waals surface area contributed by atoms with Gasteiger partial charge in [-0.3, -0.25) is 0 Å². The van der Waals surface area contributed by atoms with Gasteiger partial charge < -0.3 is 20.1 Å². The maximum Gasteiger partial charge on any atom is 0.341 e. The first-order valence-electron chi connectivity index (χ1n) is 7.33. The van der Waals surface area contributed by atoms with E-state index in [-0.39, 0.29) is 30.0 Å². The van der Waals surface area contributed by atoms with Crippen molar-refractivity contribution in [2.75, 3.05) is 13.2 Å². The second-order valence-corrected chi connectivity index (χ2v) is 4.99. The quantitative estimate of drug-likeness (QED) is 0.795. The third kappa shape index (κ3) is 3.89. The van der Waals surface area contributed by atoms with Crippen LogP contribution in [0, 0.1) is 5.82 Å². The molecular formula is C16H17FN2O5. The summed E-state index contributed by atoms with van der Waals surface area (Å²) in [6.45, 7) is 3.02. The topological polar surface area (TPSA) is 93.7 Å². The Morgan fingerprint density at radius 1 is 1.21 bits per heavy atom. The van der Waals surface area contributed by atoms with E-state index < -0.39 is 29.8 Å². The Kier molecular flexibility index (Phi) is 5.51. The van der Waals surface area contributed by atoms with Crippen molar-refractivity contribution < 1.29 is 28.2 Å². The van der Waals surface area contributed by atoms with Crippen LogP contribution in [0.1, 0.15) is 24.2 Å². The van der Waals surface area contributed by atoms with Gasteiger partial charge in [-0.25, -0.2) is 18.8 Å². The number of ether oxygens (including phenoxy) is 2. The summed E-state index contributed by atoms with van der Waals surface area (Å²) in [6, 6.07) is 4.21. The van der Waals surface area contributed by atoms with Gasteiger partial charge in [0.2, 0.25) is 0 Å². The largest absolute Gasteiger partial charge is 0.463 e. The summed E-state index contributed by atoms with van der Waals surface area (Å²) in [5.41, 5.74) is 0.0243. The lowest BCUT2D eigenvalue weighted by molar-refractivity contribution is -0.139. The maximum absolute atomic E-state index is 13.6. The van der Waals surface area contributed by atoms with Gasteiger partial charge in [0, 0.05) is 0 Å². The van der Waals surface area contributed by atoms with E-state index in [0.29, 0.717) is 0 Å². The molecule has 2 rings (SSSR count). The van der Waals surface area contributed by atoms with Crippen molar-refractivity contribution in [3.05, 3.63) is 46.9 Å². The summed E-state index contributed by atoms with van der Waals surface area (Å²) in [6.07, 6.45) is 0. The van der Waals surface area contributed by atoms with E-state index in [2.05, 4.69) is 10.6 Å². The van der Waals surface area contributed by atoms with Gasteiger partial charge in [0.1, 0.15) is 12.4 Å². The van der Waals surface area contributed by atoms with Crippen LogP contribution < -0.4 is 10.6 Å². The van der Waals surface area contributed by atoms with Crippen molar-refractivity contribution in [3.8, 4) is 0 Å². The fraction of sp³-hybridized carbons (Fsp3) is 0.312. The number of carbonyl (C=O) groups excluding carboxylic acids is 3. The molecule has 0 spiro atoms. The molecule has 2 N–H and O–H groups in total. The Morgan fingerprint density at radius 3 is 2.58 bits per heavy atom. The lowest BCUT2D eigenvalue weighted by atomic mass is 10.0. The van der Waals surface area contributed by atoms with E-state index >= 15 is 0 Å². The van der Waals surface area contributed by atoms with Crippen LogP contribution in [0.15, 0.2) is 35.5 Å². The number of benzene rings is 1. The molecule has 1 aromatic carbocycles. The predicted octanol–water partition coefficient (Wildman–Crippen LogP) is 1.50. The fourth-order valence-electron chi connectivity index (χ4n) is 2.24. The minimum Gasteiger partial charge on any atom is -0.463 e. The Balaban J connectivity index is 2.19. The highest BCUT2D eigenvalue weighted by Gasteiger charge is 2.30. The minimum absolute atomic E-state index is 0.106. The van der Waals surface area contributed by atoms with E-state index in [9.17, 15) is 18.8 Å². The van der Waals surface area contributed by atoms with Gasteiger partial charge >= 0.3 is 18.0 Å². The first-order chi connectivity index (χ1) is 11.4. The smallest absolute Gasteiger partial charge is 0.341 e. The van der Waals surface area contributed by atoms with Gasteiger partial charge in [0.05, 0.1) is 29.5 Å². The number of nitrogens with one attached hydrogen (secondary N) is 2. The predicted molar refractivity (Wildman–Crippen MR) is 81.5 cm³/mol. The second kappa shape index (κ2) is 7.58. The van der Waals surface area contributed by atoms with Crippen LogP contribution in [0.2, 0.25) is 0 Å². The summed E-state index contributed by atoms with van der Waals surface area (Å²) >= 11 is 0. The number of amides is 2. The number of halogens is 1. The highest BCUT2D eigenvalue weighted by molar-refractivity contribution is 5.95. The molecule has 24 heavy (non-hydrogen) atoms. The van der Waals surface area contributed by atoms with Gasteiger partial charge in [-0.2, -0.15) is 0 Å². The minimum atomic E-state index is -0.899. The monoisotopic (exact) mass is 336 g/mol. The standard InChI is InChI=1S/C16H17FN2O5/c1-3-23-15(21)13-9(2)18-16(22)19-12(13)8-24-14(20)10-6-4-5-7-11(10)17/h4-7,9H,3,8H2,1-2H3,(H2,18,19,22)/t9-/m1/s1. The molecule has 1 aromatic rings. The van der Waals surface area contributed by atoms with Crippen LogP contribution in [0.4, 0.5) is 9.18 Å². The van der Waals surface area contributed by atoms with E-state index in [4.69, 9.17) is 9.47 Å². The van der Waals surface area contributed by atoms with E-state index in [0.717, 1.165) is 6.07 Å². The van der Waals surface area contributed by atoms with Crippen LogP contribution in [0.25, 0.3) is 0 Å². The highest BCUT2D eigenvalue weighted by Crippen LogP contribution is 2.16. The summed E-state index contributed by atoms with van der Waals surface area (Å²) in [4.78, 5) is 35.5. The molecule has 2 amide bonds. The normalized spacial score (nSPS) is 17.0. The summed E-state index contributed by atoms with van der Waals surface area (Å²) < 4.78 is 23.5. The molecule has 1 aliphatic rings. The second-order valence-electron chi connectivity index (χ2n) is 4.99. The molecule has 0 unspecified atom stereocenters. The number of rotatable bonds is 5. The van der Waals surface area contributed by atoms with Crippen LogP contribution in [0.5, 0.6) is 0 Å². The molecule has 8 heteroatoms. The third-order valence-corrected chi connectivity index (χ3v) is 3.31. The number of hydrogen-bond acceptors (Lipinski definition) is 5. The van der Waals surface area contributed by atoms with Crippen LogP contribution in [0.3, 0.4) is 0 Å². The van der Waals surface area contributed by atoms with Crippen molar-refractivity contribution in [1.29, 1.82) is 0 Å². The summed E-state index contributed by atoms with van der Waals surface area (Å²) in [5, 5.41) is 4.93. The number of esters is 2. The molecular weight excluding hydrogens is 319 g/mol. The highest BCUT2D eigenvalue weighted by atomic mass is 19.1. The van der Waals surface area contributed by atoms with Gasteiger partial charge in [-0.1, -0.05) is 12.1 Å². The molecule has 0 aromatic heterocycles. The van der Waals surface area contributed by atoms with Gasteiger partial charge in [-0.15, -0.1) is 0 Å². The van der Waals surface area contributed by atoms with Crippen molar-refractivity contribution in [2.24, 2.45) is 0 Å². The van der Waals surface area contributed by atoms with Gasteiger partial charge in [0.15, 0.2) is 0 Å². The van der Waals surface area contributed by atoms with Crippen LogP contribution in [-0.4, -0.2) is 37.2 Å². The molecule has 7 nitrogen and oxygen atoms in total. The lowest BCUT2D eigenvalue weighted by Gasteiger charge is -2.26. The van der Waals surface area contributed by atoms with E-state index in [1.54, 1.807) is 13.8 Å². The van der Waals surface area contributed by atoms with Crippen molar-refractivity contribution in [1.82, 2.24) is 10.6 Å². The van der Waals surface area contributed by atoms with Gasteiger partial charge in [0.25, 0.3) is 0 Å². The van der Waals surface area contributed by atoms with E-state index in [1.165, 1.54) is 18.2 Å². The molecule has 0 radical (unpaired) electrons. The lowest BCUT2D eigenvalue weighted by Crippen LogP contribution is -2.50. The molecule has 0 saturated heterocycles. The average molecular weight is 336 g/mol. The van der Waals surface area contributed by atoms with Crippen LogP contribution >= 0.6 is 0 Å². The Bertz CT molecular complexity index is 701. The first kappa shape index (κ1) is 17.5. The molecule has 128 valence electrons. The number of urea groups is 1. The maximum atomic E-state index is 13.6. The zero-order valence-corrected chi connectivity index (χ0v) is 13.2. The SMILES string of the molecule is CCOC(=O)C1=C(COC(=O)c2ccccc2F)NC(=O)N[C@@H]1C. The average Bonchev–Trinajstić information content (AvgIpc) is 2.52. The third-order valence-electron chi connectivity index (χ3n) is 3.31. The van der Waals surface area contributed by atoms with Crippen LogP contribution in [-0.2, 0) is 14.3 Å².